The standard InChI is InChI=1S/C13H19N3.HI/c1-10-4-5-12(11(2)8-10)9-15-13-14-6-7-16(13)3;/h4-5,8H,6-7,9H2,1-3H3,(H,14,15);1H. The van der Waals surface area contributed by atoms with Crippen molar-refractivity contribution < 1.29 is 0 Å². The van der Waals surface area contributed by atoms with Crippen molar-refractivity contribution in [3.63, 3.8) is 0 Å². The zero-order chi connectivity index (χ0) is 11.5. The highest BCUT2D eigenvalue weighted by Gasteiger charge is 2.11. The van der Waals surface area contributed by atoms with Crippen LogP contribution in [0.4, 0.5) is 0 Å². The largest absolute Gasteiger partial charge is 0.352 e. The average Bonchev–Trinajstić information content (AvgIpc) is 2.63. The van der Waals surface area contributed by atoms with Gasteiger partial charge in [-0.3, -0.25) is 4.99 Å². The lowest BCUT2D eigenvalue weighted by molar-refractivity contribution is 0.534. The second kappa shape index (κ2) is 6.23. The van der Waals surface area contributed by atoms with Gasteiger partial charge in [0.15, 0.2) is 5.96 Å². The number of rotatable bonds is 2. The lowest BCUT2D eigenvalue weighted by Gasteiger charge is -2.16. The van der Waals surface area contributed by atoms with Crippen LogP contribution in [0.1, 0.15) is 16.7 Å². The molecule has 0 bridgehead atoms. The summed E-state index contributed by atoms with van der Waals surface area (Å²) in [4.78, 5) is 6.57. The third kappa shape index (κ3) is 3.59. The summed E-state index contributed by atoms with van der Waals surface area (Å²) in [5, 5.41) is 3.38. The number of benzene rings is 1. The van der Waals surface area contributed by atoms with Crippen LogP contribution >= 0.6 is 24.0 Å². The van der Waals surface area contributed by atoms with Gasteiger partial charge in [0.05, 0.1) is 6.54 Å². The maximum Gasteiger partial charge on any atom is 0.194 e. The zero-order valence-corrected chi connectivity index (χ0v) is 13.0. The van der Waals surface area contributed by atoms with Crippen molar-refractivity contribution in [1.29, 1.82) is 0 Å². The molecule has 1 heterocycles. The molecule has 0 unspecified atom stereocenters. The lowest BCUT2D eigenvalue weighted by atomic mass is 10.1. The van der Waals surface area contributed by atoms with Crippen LogP contribution in [0.15, 0.2) is 23.2 Å². The van der Waals surface area contributed by atoms with Crippen LogP contribution in [0.25, 0.3) is 0 Å². The Morgan fingerprint density at radius 3 is 2.71 bits per heavy atom. The van der Waals surface area contributed by atoms with E-state index in [9.17, 15) is 0 Å². The van der Waals surface area contributed by atoms with Crippen LogP contribution in [0.5, 0.6) is 0 Å². The van der Waals surface area contributed by atoms with E-state index >= 15 is 0 Å². The molecule has 0 atom stereocenters. The molecule has 0 amide bonds. The van der Waals surface area contributed by atoms with E-state index < -0.39 is 0 Å². The number of guanidine groups is 1. The molecule has 0 radical (unpaired) electrons. The molecular weight excluding hydrogens is 325 g/mol. The molecule has 1 aromatic carbocycles. The Bertz CT molecular complexity index is 415. The lowest BCUT2D eigenvalue weighted by Crippen LogP contribution is -2.35. The first kappa shape index (κ1) is 14.3. The van der Waals surface area contributed by atoms with Gasteiger partial charge in [-0.25, -0.2) is 0 Å². The first-order valence-corrected chi connectivity index (χ1v) is 5.72. The van der Waals surface area contributed by atoms with Gasteiger partial charge in [-0.15, -0.1) is 24.0 Å². The van der Waals surface area contributed by atoms with E-state index in [0.29, 0.717) is 0 Å². The van der Waals surface area contributed by atoms with Gasteiger partial charge < -0.3 is 10.2 Å². The monoisotopic (exact) mass is 345 g/mol. The summed E-state index contributed by atoms with van der Waals surface area (Å²) in [6.07, 6.45) is 0. The fourth-order valence-corrected chi connectivity index (χ4v) is 1.94. The van der Waals surface area contributed by atoms with Gasteiger partial charge in [0, 0.05) is 20.1 Å². The Labute approximate surface area is 120 Å². The number of hydrogen-bond donors (Lipinski definition) is 1. The molecule has 0 fully saturated rings. The van der Waals surface area contributed by atoms with E-state index in [0.717, 1.165) is 25.6 Å². The third-order valence-corrected chi connectivity index (χ3v) is 2.99. The summed E-state index contributed by atoms with van der Waals surface area (Å²) in [6.45, 7) is 7.07. The molecule has 4 heteroatoms. The molecule has 1 N–H and O–H groups in total. The second-order valence-electron chi connectivity index (χ2n) is 4.41. The summed E-state index contributed by atoms with van der Waals surface area (Å²) < 4.78 is 0. The predicted molar refractivity (Wildman–Crippen MR) is 83.1 cm³/mol. The normalized spacial score (nSPS) is 14.3. The van der Waals surface area contributed by atoms with Crippen molar-refractivity contribution >= 4 is 29.9 Å². The van der Waals surface area contributed by atoms with Crippen molar-refractivity contribution in [3.05, 3.63) is 34.9 Å². The molecule has 1 aromatic rings. The van der Waals surface area contributed by atoms with Gasteiger partial charge in [0.1, 0.15) is 0 Å². The van der Waals surface area contributed by atoms with Crippen molar-refractivity contribution in [2.24, 2.45) is 4.99 Å². The molecular formula is C13H20IN3. The van der Waals surface area contributed by atoms with Gasteiger partial charge in [-0.05, 0) is 25.0 Å². The number of aliphatic imine (C=N–C) groups is 1. The second-order valence-corrected chi connectivity index (χ2v) is 4.41. The van der Waals surface area contributed by atoms with E-state index in [1.807, 2.05) is 0 Å². The van der Waals surface area contributed by atoms with Crippen LogP contribution in [-0.4, -0.2) is 31.0 Å². The topological polar surface area (TPSA) is 27.6 Å². The van der Waals surface area contributed by atoms with E-state index in [1.54, 1.807) is 0 Å². The molecule has 3 nitrogen and oxygen atoms in total. The molecule has 94 valence electrons. The Morgan fingerprint density at radius 2 is 2.12 bits per heavy atom. The highest BCUT2D eigenvalue weighted by Crippen LogP contribution is 2.10. The Balaban J connectivity index is 0.00000144. The maximum atomic E-state index is 4.41. The minimum Gasteiger partial charge on any atom is -0.352 e. The van der Waals surface area contributed by atoms with Crippen molar-refractivity contribution in [2.45, 2.75) is 20.4 Å². The zero-order valence-electron chi connectivity index (χ0n) is 10.7. The fourth-order valence-electron chi connectivity index (χ4n) is 1.94. The minimum atomic E-state index is 0. The number of nitrogens with one attached hydrogen (secondary N) is 1. The third-order valence-electron chi connectivity index (χ3n) is 2.99. The summed E-state index contributed by atoms with van der Waals surface area (Å²) in [6, 6.07) is 6.56. The fraction of sp³-hybridized carbons (Fsp3) is 0.462. The van der Waals surface area contributed by atoms with Crippen LogP contribution in [0, 0.1) is 13.8 Å². The van der Waals surface area contributed by atoms with Crippen LogP contribution < -0.4 is 5.32 Å². The SMILES string of the molecule is Cc1ccc(CNC2=NCCN2C)c(C)c1.I. The van der Waals surface area contributed by atoms with E-state index in [-0.39, 0.29) is 24.0 Å². The van der Waals surface area contributed by atoms with Gasteiger partial charge in [-0.1, -0.05) is 23.8 Å². The molecule has 1 aliphatic rings. The highest BCUT2D eigenvalue weighted by atomic mass is 127. The van der Waals surface area contributed by atoms with Gasteiger partial charge in [0.25, 0.3) is 0 Å². The predicted octanol–water partition coefficient (Wildman–Crippen LogP) is 2.31. The first-order chi connectivity index (χ1) is 7.66. The molecule has 2 rings (SSSR count). The maximum absolute atomic E-state index is 4.41. The number of likely N-dealkylation sites (N-methyl/N-ethyl adjacent to an activating group) is 1. The molecule has 0 aromatic heterocycles. The summed E-state index contributed by atoms with van der Waals surface area (Å²) in [5.41, 5.74) is 4.00. The number of halogens is 1. The molecule has 0 saturated carbocycles. The first-order valence-electron chi connectivity index (χ1n) is 5.72. The smallest absolute Gasteiger partial charge is 0.194 e. The molecule has 0 saturated heterocycles. The highest BCUT2D eigenvalue weighted by molar-refractivity contribution is 14.0. The van der Waals surface area contributed by atoms with Crippen molar-refractivity contribution in [1.82, 2.24) is 10.2 Å². The summed E-state index contributed by atoms with van der Waals surface area (Å²) >= 11 is 0. The average molecular weight is 345 g/mol. The van der Waals surface area contributed by atoms with Gasteiger partial charge >= 0.3 is 0 Å². The quantitative estimate of drug-likeness (QED) is 0.833. The van der Waals surface area contributed by atoms with Gasteiger partial charge in [0.2, 0.25) is 0 Å². The Hall–Kier alpha value is -0.780. The number of nitrogens with zero attached hydrogens (tertiary/aromatic N) is 2. The van der Waals surface area contributed by atoms with Gasteiger partial charge in [-0.2, -0.15) is 0 Å². The van der Waals surface area contributed by atoms with E-state index in [1.165, 1.54) is 16.7 Å². The summed E-state index contributed by atoms with van der Waals surface area (Å²) in [5.74, 6) is 1.01. The van der Waals surface area contributed by atoms with Crippen LogP contribution in [-0.2, 0) is 6.54 Å². The molecule has 17 heavy (non-hydrogen) atoms. The molecule has 1 aliphatic heterocycles. The van der Waals surface area contributed by atoms with Crippen molar-refractivity contribution in [3.8, 4) is 0 Å². The minimum absolute atomic E-state index is 0. The van der Waals surface area contributed by atoms with Crippen molar-refractivity contribution in [2.75, 3.05) is 20.1 Å². The van der Waals surface area contributed by atoms with E-state index in [2.05, 4.69) is 54.3 Å². The van der Waals surface area contributed by atoms with E-state index in [4.69, 9.17) is 0 Å². The summed E-state index contributed by atoms with van der Waals surface area (Å²) in [7, 11) is 2.07. The van der Waals surface area contributed by atoms with Crippen LogP contribution in [0.2, 0.25) is 0 Å². The number of aryl methyl sites for hydroxylation is 2. The van der Waals surface area contributed by atoms with Crippen LogP contribution in [0.3, 0.4) is 0 Å². The molecule has 0 spiro atoms. The Kier molecular flexibility index (Phi) is 5.24. The molecule has 0 aliphatic carbocycles. The Morgan fingerprint density at radius 1 is 1.35 bits per heavy atom. The number of hydrogen-bond acceptors (Lipinski definition) is 3.